The Hall–Kier alpha value is -2.66. The third-order valence-electron chi connectivity index (χ3n) is 5.06. The molecule has 0 aliphatic heterocycles. The van der Waals surface area contributed by atoms with Gasteiger partial charge in [0.05, 0.1) is 25.9 Å². The number of thiocarbonyl (C=S) groups is 1. The lowest BCUT2D eigenvalue weighted by molar-refractivity contribution is 0.107. The normalized spacial score (nSPS) is 12.5. The van der Waals surface area contributed by atoms with Crippen molar-refractivity contribution in [3.8, 4) is 17.2 Å². The molecule has 0 aliphatic rings. The minimum atomic E-state index is -4.05. The molecule has 0 spiro atoms. The molecule has 0 saturated heterocycles. The molecule has 3 rings (SSSR count). The molecule has 32 heavy (non-hydrogen) atoms. The summed E-state index contributed by atoms with van der Waals surface area (Å²) in [6, 6.07) is 16.8. The van der Waals surface area contributed by atoms with E-state index in [1.54, 1.807) is 42.5 Å². The first kappa shape index (κ1) is 24.0. The summed E-state index contributed by atoms with van der Waals surface area (Å²) in [7, 11) is 0.261. The number of hydrogen-bond donors (Lipinski definition) is 0. The first-order chi connectivity index (χ1) is 15.3. The van der Waals surface area contributed by atoms with E-state index >= 15 is 0 Å². The average Bonchev–Trinajstić information content (AvgIpc) is 2.82. The van der Waals surface area contributed by atoms with Crippen LogP contribution in [0, 0.1) is 6.92 Å². The Morgan fingerprint density at radius 2 is 1.47 bits per heavy atom. The Bertz CT molecular complexity index is 1180. The van der Waals surface area contributed by atoms with Gasteiger partial charge in [-0.3, -0.25) is 4.79 Å². The molecule has 8 heteroatoms. The largest absolute Gasteiger partial charge is 0.496 e. The van der Waals surface area contributed by atoms with E-state index in [0.29, 0.717) is 21.6 Å². The fourth-order valence-corrected chi connectivity index (χ4v) is 7.07. The van der Waals surface area contributed by atoms with Crippen molar-refractivity contribution in [3.63, 3.8) is 0 Å². The number of halogens is 1. The number of aryl methyl sites for hydroxylation is 1. The number of methoxy groups -OCH3 is 3. The van der Waals surface area contributed by atoms with Gasteiger partial charge < -0.3 is 18.8 Å². The highest BCUT2D eigenvalue weighted by Crippen LogP contribution is 2.55. The summed E-state index contributed by atoms with van der Waals surface area (Å²) in [5.74, 6) is 0.761. The average molecular weight is 489 g/mol. The summed E-state index contributed by atoms with van der Waals surface area (Å²) in [6.07, 6.45) is 0. The molecule has 0 amide bonds. The summed E-state index contributed by atoms with van der Waals surface area (Å²) in [4.78, 5) is 14.1. The van der Waals surface area contributed by atoms with E-state index in [1.165, 1.54) is 33.5 Å². The monoisotopic (exact) mass is 488 g/mol. The maximum atomic E-state index is 14.7. The van der Waals surface area contributed by atoms with E-state index < -0.39 is 12.7 Å². The van der Waals surface area contributed by atoms with Crippen molar-refractivity contribution in [2.24, 2.45) is 0 Å². The van der Waals surface area contributed by atoms with E-state index in [9.17, 15) is 9.36 Å². The highest BCUT2D eigenvalue weighted by Gasteiger charge is 2.43. The summed E-state index contributed by atoms with van der Waals surface area (Å²) < 4.78 is 30.9. The number of hydrogen-bond acceptors (Lipinski definition) is 6. The Labute approximate surface area is 197 Å². The van der Waals surface area contributed by atoms with Crippen molar-refractivity contribution < 1.29 is 23.6 Å². The van der Waals surface area contributed by atoms with E-state index in [0.717, 1.165) is 5.56 Å². The van der Waals surface area contributed by atoms with E-state index in [-0.39, 0.29) is 21.7 Å². The van der Waals surface area contributed by atoms with Gasteiger partial charge >= 0.3 is 0 Å². The molecule has 1 unspecified atom stereocenters. The fourth-order valence-electron chi connectivity index (χ4n) is 3.40. The van der Waals surface area contributed by atoms with Gasteiger partial charge in [0.15, 0.2) is 0 Å². The van der Waals surface area contributed by atoms with Crippen molar-refractivity contribution in [2.45, 2.75) is 6.92 Å². The lowest BCUT2D eigenvalue weighted by Gasteiger charge is -2.23. The number of benzene rings is 3. The Morgan fingerprint density at radius 1 is 0.875 bits per heavy atom. The van der Waals surface area contributed by atoms with Crippen LogP contribution in [0.25, 0.3) is 0 Å². The van der Waals surface area contributed by atoms with Gasteiger partial charge in [-0.15, -0.1) is 0 Å². The van der Waals surface area contributed by atoms with Gasteiger partial charge in [-0.25, -0.2) is 0 Å². The van der Waals surface area contributed by atoms with Crippen molar-refractivity contribution >= 4 is 46.4 Å². The predicted octanol–water partition coefficient (Wildman–Crippen LogP) is 5.88. The molecule has 3 aromatic rings. The second-order valence-electron chi connectivity index (χ2n) is 6.89. The SMILES string of the molecule is COc1cc(OC)c(C(=O)P(=O)(C(=S)c2c(C)cccc2Cl)c2ccccc2)c(OC)c1. The van der Waals surface area contributed by atoms with Gasteiger partial charge in [-0.1, -0.05) is 66.3 Å². The molecule has 0 radical (unpaired) electrons. The van der Waals surface area contributed by atoms with E-state index in [2.05, 4.69) is 0 Å². The minimum absolute atomic E-state index is 0.0169. The van der Waals surface area contributed by atoms with Gasteiger partial charge in [-0.05, 0) is 18.6 Å². The highest BCUT2D eigenvalue weighted by atomic mass is 35.5. The van der Waals surface area contributed by atoms with Crippen LogP contribution in [0.4, 0.5) is 0 Å². The summed E-state index contributed by atoms with van der Waals surface area (Å²) in [5.41, 5.74) is 0.454. The smallest absolute Gasteiger partial charge is 0.238 e. The quantitative estimate of drug-likeness (QED) is 0.291. The second-order valence-corrected chi connectivity index (χ2v) is 10.6. The molecular weight excluding hydrogens is 467 g/mol. The maximum absolute atomic E-state index is 14.7. The Balaban J connectivity index is 2.33. The van der Waals surface area contributed by atoms with Crippen LogP contribution >= 0.6 is 31.0 Å². The van der Waals surface area contributed by atoms with Gasteiger partial charge in [0.2, 0.25) is 12.7 Å². The molecule has 166 valence electrons. The molecule has 5 nitrogen and oxygen atoms in total. The fraction of sp³-hybridized carbons (Fsp3) is 0.167. The van der Waals surface area contributed by atoms with Crippen molar-refractivity contribution in [1.29, 1.82) is 0 Å². The molecule has 0 aromatic heterocycles. The summed E-state index contributed by atoms with van der Waals surface area (Å²) in [5, 5.41) is 0.627. The minimum Gasteiger partial charge on any atom is -0.496 e. The molecule has 0 bridgehead atoms. The predicted molar refractivity (Wildman–Crippen MR) is 132 cm³/mol. The van der Waals surface area contributed by atoms with Crippen LogP contribution in [-0.4, -0.2) is 31.5 Å². The first-order valence-electron chi connectivity index (χ1n) is 9.60. The van der Waals surface area contributed by atoms with Crippen molar-refractivity contribution in [1.82, 2.24) is 0 Å². The van der Waals surface area contributed by atoms with Crippen LogP contribution in [-0.2, 0) is 4.57 Å². The topological polar surface area (TPSA) is 61.8 Å². The molecule has 0 N–H and O–H groups in total. The van der Waals surface area contributed by atoms with Gasteiger partial charge in [0.25, 0.3) is 0 Å². The van der Waals surface area contributed by atoms with Gasteiger partial charge in [-0.2, -0.15) is 0 Å². The number of carbonyl (C=O) groups excluding carboxylic acids is 1. The van der Waals surface area contributed by atoms with Gasteiger partial charge in [0, 0.05) is 28.0 Å². The zero-order chi connectivity index (χ0) is 23.5. The molecule has 0 aliphatic carbocycles. The molecule has 0 heterocycles. The van der Waals surface area contributed by atoms with Gasteiger partial charge in [0.1, 0.15) is 22.8 Å². The zero-order valence-electron chi connectivity index (χ0n) is 18.0. The van der Waals surface area contributed by atoms with Crippen LogP contribution in [0.5, 0.6) is 17.2 Å². The zero-order valence-corrected chi connectivity index (χ0v) is 20.5. The number of ether oxygens (including phenoxy) is 3. The Morgan fingerprint density at radius 3 is 1.97 bits per heavy atom. The van der Waals surface area contributed by atoms with Crippen LogP contribution in [0.2, 0.25) is 5.02 Å². The molecule has 3 aromatic carbocycles. The summed E-state index contributed by atoms with van der Waals surface area (Å²) >= 11 is 12.2. The van der Waals surface area contributed by atoms with Crippen molar-refractivity contribution in [3.05, 3.63) is 82.4 Å². The van der Waals surface area contributed by atoms with Crippen LogP contribution in [0.1, 0.15) is 21.5 Å². The standard InChI is InChI=1S/C24H22ClO5PS/c1-15-9-8-12-18(25)21(15)24(32)31(27,17-10-6-5-7-11-17)23(26)22-19(29-3)13-16(28-2)14-20(22)30-4/h5-14H,1-4H3. The third kappa shape index (κ3) is 4.18. The molecular formula is C24H22ClO5PS. The van der Waals surface area contributed by atoms with Crippen LogP contribution < -0.4 is 19.5 Å². The molecule has 0 saturated carbocycles. The van der Waals surface area contributed by atoms with Crippen LogP contribution in [0.3, 0.4) is 0 Å². The van der Waals surface area contributed by atoms with Crippen LogP contribution in [0.15, 0.2) is 60.7 Å². The van der Waals surface area contributed by atoms with E-state index in [4.69, 9.17) is 38.0 Å². The molecule has 1 atom stereocenters. The Kier molecular flexibility index (Phi) is 7.40. The lowest BCUT2D eigenvalue weighted by Crippen LogP contribution is -2.21. The first-order valence-corrected chi connectivity index (χ1v) is 12.1. The summed E-state index contributed by atoms with van der Waals surface area (Å²) in [6.45, 7) is 1.81. The lowest BCUT2D eigenvalue weighted by atomic mass is 10.1. The maximum Gasteiger partial charge on any atom is 0.238 e. The number of carbonyl (C=O) groups is 1. The van der Waals surface area contributed by atoms with Crippen molar-refractivity contribution in [2.75, 3.05) is 21.3 Å². The highest BCUT2D eigenvalue weighted by molar-refractivity contribution is 8.12. The number of rotatable bonds is 8. The van der Waals surface area contributed by atoms with E-state index in [1.807, 2.05) is 13.0 Å². The second kappa shape index (κ2) is 9.86. The molecule has 0 fully saturated rings. The third-order valence-corrected chi connectivity index (χ3v) is 8.96.